The third-order valence-electron chi connectivity index (χ3n) is 5.09. The molecule has 1 rings (SSSR count). The zero-order chi connectivity index (χ0) is 20.6. The van der Waals surface area contributed by atoms with E-state index in [-0.39, 0.29) is 70.2 Å². The minimum absolute atomic E-state index is 0. The Bertz CT molecular complexity index is 597. The molecule has 160 valence electrons. The third-order valence-corrected chi connectivity index (χ3v) is 5.09. The summed E-state index contributed by atoms with van der Waals surface area (Å²) in [6, 6.07) is 4.37. The SMILES string of the molecule is CCCCCCCCCCCCCCCNc1ccc(C(=O)O)c(C(=O)O)c1.[Na].[Na]. The number of aromatic carboxylic acids is 2. The first-order valence-corrected chi connectivity index (χ1v) is 10.9. The van der Waals surface area contributed by atoms with Crippen molar-refractivity contribution in [1.82, 2.24) is 0 Å². The van der Waals surface area contributed by atoms with Crippen LogP contribution in [0, 0.1) is 0 Å². The standard InChI is InChI=1S/C23H37NO4.2Na/c1-2-3-4-5-6-7-8-9-10-11-12-13-14-17-24-19-15-16-20(22(25)26)21(18-19)23(27)28;;/h15-16,18,24H,2-14,17H2,1H3,(H,25,26)(H,27,28);;. The van der Waals surface area contributed by atoms with Crippen molar-refractivity contribution < 1.29 is 19.8 Å². The van der Waals surface area contributed by atoms with Crippen LogP contribution in [0.3, 0.4) is 0 Å². The molecule has 0 aliphatic rings. The summed E-state index contributed by atoms with van der Waals surface area (Å²) in [6.07, 6.45) is 17.0. The summed E-state index contributed by atoms with van der Waals surface area (Å²) in [7, 11) is 0. The molecule has 0 fully saturated rings. The fourth-order valence-corrected chi connectivity index (χ4v) is 3.39. The number of carboxylic acids is 2. The quantitative estimate of drug-likeness (QED) is 0.211. The molecule has 5 nitrogen and oxygen atoms in total. The van der Waals surface area contributed by atoms with Crippen LogP contribution in [0.2, 0.25) is 0 Å². The fraction of sp³-hybridized carbons (Fsp3) is 0.652. The van der Waals surface area contributed by atoms with Crippen molar-refractivity contribution in [3.63, 3.8) is 0 Å². The molecule has 0 saturated carbocycles. The van der Waals surface area contributed by atoms with Gasteiger partial charge in [0.15, 0.2) is 0 Å². The van der Waals surface area contributed by atoms with E-state index in [1.54, 1.807) is 6.07 Å². The first-order chi connectivity index (χ1) is 13.6. The normalized spacial score (nSPS) is 10.0. The van der Waals surface area contributed by atoms with E-state index in [0.717, 1.165) is 19.4 Å². The van der Waals surface area contributed by atoms with Gasteiger partial charge in [0.25, 0.3) is 0 Å². The number of nitrogens with one attached hydrogen (secondary N) is 1. The minimum atomic E-state index is -1.22. The van der Waals surface area contributed by atoms with Gasteiger partial charge in [-0.25, -0.2) is 9.59 Å². The van der Waals surface area contributed by atoms with Gasteiger partial charge in [0.1, 0.15) is 0 Å². The van der Waals surface area contributed by atoms with Gasteiger partial charge in [-0.05, 0) is 24.6 Å². The Morgan fingerprint density at radius 3 is 1.57 bits per heavy atom. The summed E-state index contributed by atoms with van der Waals surface area (Å²) in [6.45, 7) is 3.02. The van der Waals surface area contributed by atoms with Crippen LogP contribution in [-0.4, -0.2) is 87.8 Å². The van der Waals surface area contributed by atoms with Crippen LogP contribution in [0.15, 0.2) is 18.2 Å². The molecule has 0 aliphatic heterocycles. The molecule has 0 atom stereocenters. The summed E-state index contributed by atoms with van der Waals surface area (Å²) in [5.41, 5.74) is 0.295. The van der Waals surface area contributed by atoms with E-state index in [9.17, 15) is 9.59 Å². The Kier molecular flexibility index (Phi) is 22.3. The van der Waals surface area contributed by atoms with Gasteiger partial charge in [-0.1, -0.05) is 84.0 Å². The number of rotatable bonds is 17. The molecule has 0 aromatic heterocycles. The molecule has 0 heterocycles. The average Bonchev–Trinajstić information content (AvgIpc) is 2.68. The van der Waals surface area contributed by atoms with Gasteiger partial charge < -0.3 is 15.5 Å². The van der Waals surface area contributed by atoms with Crippen molar-refractivity contribution in [2.45, 2.75) is 90.4 Å². The molecule has 2 radical (unpaired) electrons. The van der Waals surface area contributed by atoms with Gasteiger partial charge in [-0.3, -0.25) is 0 Å². The monoisotopic (exact) mass is 437 g/mol. The summed E-state index contributed by atoms with van der Waals surface area (Å²) >= 11 is 0. The van der Waals surface area contributed by atoms with Gasteiger partial charge >= 0.3 is 11.9 Å². The zero-order valence-corrected chi connectivity index (χ0v) is 23.3. The van der Waals surface area contributed by atoms with Gasteiger partial charge in [0.05, 0.1) is 11.1 Å². The Balaban J connectivity index is 0. The third kappa shape index (κ3) is 14.9. The Hall–Kier alpha value is -0.0400. The molecular formula is C23H37NNa2O4. The van der Waals surface area contributed by atoms with Crippen molar-refractivity contribution in [3.8, 4) is 0 Å². The molecule has 30 heavy (non-hydrogen) atoms. The van der Waals surface area contributed by atoms with Crippen LogP contribution in [-0.2, 0) is 0 Å². The Labute approximate surface area is 226 Å². The molecule has 1 aromatic rings. The van der Waals surface area contributed by atoms with Gasteiger partial charge in [0.2, 0.25) is 0 Å². The predicted molar refractivity (Wildman–Crippen MR) is 126 cm³/mol. The Morgan fingerprint density at radius 1 is 0.700 bits per heavy atom. The number of hydrogen-bond acceptors (Lipinski definition) is 3. The van der Waals surface area contributed by atoms with E-state index in [0.29, 0.717) is 5.69 Å². The van der Waals surface area contributed by atoms with Gasteiger partial charge in [-0.15, -0.1) is 0 Å². The average molecular weight is 438 g/mol. The Morgan fingerprint density at radius 2 is 1.13 bits per heavy atom. The first-order valence-electron chi connectivity index (χ1n) is 10.9. The summed E-state index contributed by atoms with van der Waals surface area (Å²) in [5.74, 6) is -2.44. The van der Waals surface area contributed by atoms with E-state index in [4.69, 9.17) is 10.2 Å². The number of benzene rings is 1. The minimum Gasteiger partial charge on any atom is -0.478 e. The van der Waals surface area contributed by atoms with Gasteiger partial charge in [0, 0.05) is 71.3 Å². The van der Waals surface area contributed by atoms with Crippen molar-refractivity contribution in [2.75, 3.05) is 11.9 Å². The molecule has 1 aromatic carbocycles. The van der Waals surface area contributed by atoms with Crippen LogP contribution in [0.1, 0.15) is 111 Å². The second kappa shape index (κ2) is 20.8. The predicted octanol–water partition coefficient (Wildman–Crippen LogP) is 5.82. The second-order valence-electron chi connectivity index (χ2n) is 7.54. The summed E-state index contributed by atoms with van der Waals surface area (Å²) in [4.78, 5) is 22.2. The maximum absolute atomic E-state index is 11.2. The van der Waals surface area contributed by atoms with E-state index >= 15 is 0 Å². The fourth-order valence-electron chi connectivity index (χ4n) is 3.39. The molecule has 0 bridgehead atoms. The van der Waals surface area contributed by atoms with E-state index < -0.39 is 11.9 Å². The van der Waals surface area contributed by atoms with Crippen LogP contribution < -0.4 is 5.32 Å². The largest absolute Gasteiger partial charge is 0.478 e. The van der Waals surface area contributed by atoms with Crippen LogP contribution in [0.5, 0.6) is 0 Å². The van der Waals surface area contributed by atoms with Crippen LogP contribution in [0.25, 0.3) is 0 Å². The summed E-state index contributed by atoms with van der Waals surface area (Å²) in [5, 5.41) is 21.4. The zero-order valence-electron chi connectivity index (χ0n) is 19.3. The van der Waals surface area contributed by atoms with E-state index in [1.807, 2.05) is 0 Å². The van der Waals surface area contributed by atoms with Crippen molar-refractivity contribution in [3.05, 3.63) is 29.3 Å². The molecule has 0 unspecified atom stereocenters. The molecule has 3 N–H and O–H groups in total. The topological polar surface area (TPSA) is 86.6 Å². The molecule has 0 amide bonds. The number of anilines is 1. The number of carbonyl (C=O) groups is 2. The number of unbranched alkanes of at least 4 members (excludes halogenated alkanes) is 12. The number of carboxylic acid groups (broad SMARTS) is 2. The summed E-state index contributed by atoms with van der Waals surface area (Å²) < 4.78 is 0. The molecule has 0 saturated heterocycles. The molecule has 0 spiro atoms. The van der Waals surface area contributed by atoms with Crippen LogP contribution in [0.4, 0.5) is 5.69 Å². The second-order valence-corrected chi connectivity index (χ2v) is 7.54. The molecule has 7 heteroatoms. The van der Waals surface area contributed by atoms with Crippen molar-refractivity contribution >= 4 is 76.7 Å². The van der Waals surface area contributed by atoms with Crippen molar-refractivity contribution in [1.29, 1.82) is 0 Å². The maximum atomic E-state index is 11.2. The van der Waals surface area contributed by atoms with Gasteiger partial charge in [-0.2, -0.15) is 0 Å². The molecule has 0 aliphatic carbocycles. The number of hydrogen-bond donors (Lipinski definition) is 3. The van der Waals surface area contributed by atoms with E-state index in [2.05, 4.69) is 12.2 Å². The maximum Gasteiger partial charge on any atom is 0.336 e. The molecular weight excluding hydrogens is 400 g/mol. The van der Waals surface area contributed by atoms with Crippen molar-refractivity contribution in [2.24, 2.45) is 0 Å². The van der Waals surface area contributed by atoms with Crippen LogP contribution >= 0.6 is 0 Å². The van der Waals surface area contributed by atoms with E-state index in [1.165, 1.54) is 82.8 Å². The first kappa shape index (κ1) is 32.1. The smallest absolute Gasteiger partial charge is 0.336 e.